The second-order valence-corrected chi connectivity index (χ2v) is 5.53. The molecule has 1 heterocycles. The van der Waals surface area contributed by atoms with Crippen molar-refractivity contribution in [2.75, 3.05) is 22.6 Å². The molecule has 2 amide bonds. The van der Waals surface area contributed by atoms with Gasteiger partial charge in [0.15, 0.2) is 6.23 Å². The smallest absolute Gasteiger partial charge is 0.221 e. The Hall–Kier alpha value is -2.20. The van der Waals surface area contributed by atoms with Crippen LogP contribution in [-0.4, -0.2) is 58.3 Å². The van der Waals surface area contributed by atoms with Crippen molar-refractivity contribution in [2.45, 2.75) is 38.4 Å². The molecule has 4 atom stereocenters. The Morgan fingerprint density at radius 3 is 2.29 bits per heavy atom. The summed E-state index contributed by atoms with van der Waals surface area (Å²) in [7, 11) is 0. The van der Waals surface area contributed by atoms with E-state index in [1.165, 1.54) is 13.8 Å². The normalized spacial score (nSPS) is 26.0. The van der Waals surface area contributed by atoms with Crippen LogP contribution in [0.5, 0.6) is 0 Å². The van der Waals surface area contributed by atoms with Gasteiger partial charge in [-0.1, -0.05) is 0 Å². The average molecular weight is 339 g/mol. The summed E-state index contributed by atoms with van der Waals surface area (Å²) in [6.45, 7) is 2.27. The van der Waals surface area contributed by atoms with Crippen LogP contribution in [0.25, 0.3) is 0 Å². The van der Waals surface area contributed by atoms with Gasteiger partial charge in [-0.15, -0.1) is 0 Å². The van der Waals surface area contributed by atoms with Crippen LogP contribution < -0.4 is 16.0 Å². The van der Waals surface area contributed by atoms with Gasteiger partial charge in [0.05, 0.1) is 18.0 Å². The highest BCUT2D eigenvalue weighted by molar-refractivity contribution is 5.95. The summed E-state index contributed by atoms with van der Waals surface area (Å²) in [4.78, 5) is 22.5. The van der Waals surface area contributed by atoms with Crippen molar-refractivity contribution >= 4 is 28.9 Å². The molecule has 0 saturated carbocycles. The summed E-state index contributed by atoms with van der Waals surface area (Å²) < 4.78 is 5.35. The molecule has 1 aromatic rings. The summed E-state index contributed by atoms with van der Waals surface area (Å²) in [5.41, 5.74) is 1.28. The molecule has 0 radical (unpaired) electrons. The number of rotatable bonds is 5. The predicted molar refractivity (Wildman–Crippen MR) is 86.4 cm³/mol. The topological polar surface area (TPSA) is 140 Å². The maximum atomic E-state index is 11.4. The highest BCUT2D eigenvalue weighted by Gasteiger charge is 2.42. The van der Waals surface area contributed by atoms with Crippen LogP contribution >= 0.6 is 0 Å². The molecule has 0 aromatic heterocycles. The number of amides is 2. The Labute approximate surface area is 138 Å². The maximum Gasteiger partial charge on any atom is 0.221 e. The first-order valence-corrected chi connectivity index (χ1v) is 7.40. The van der Waals surface area contributed by atoms with Gasteiger partial charge in [-0.2, -0.15) is 0 Å². The van der Waals surface area contributed by atoms with Crippen LogP contribution in [0.15, 0.2) is 18.2 Å². The minimum Gasteiger partial charge on any atom is -0.394 e. The summed E-state index contributed by atoms with van der Waals surface area (Å²) in [6.07, 6.45) is -4.34. The van der Waals surface area contributed by atoms with Crippen molar-refractivity contribution in [3.63, 3.8) is 0 Å². The number of carbonyl (C=O) groups is 2. The lowest BCUT2D eigenvalue weighted by Crippen LogP contribution is -2.36. The highest BCUT2D eigenvalue weighted by Crippen LogP contribution is 2.30. The lowest BCUT2D eigenvalue weighted by atomic mass is 10.1. The number of nitrogens with one attached hydrogen (secondary N) is 3. The first kappa shape index (κ1) is 18.1. The summed E-state index contributed by atoms with van der Waals surface area (Å²) in [5.74, 6) is -0.577. The third-order valence-electron chi connectivity index (χ3n) is 3.49. The lowest BCUT2D eigenvalue weighted by molar-refractivity contribution is -0.115. The standard InChI is InChI=1S/C15H21N3O6/c1-7(20)16-9-3-4-10(11(5-9)17-8(2)21)18-15-14(23)13(22)12(6-19)24-15/h3-5,12-15,18-19,22-23H,6H2,1-2H3,(H,16,20)(H,17,21)/t12-,13+,14+,15-/m1/s1. The first-order valence-electron chi connectivity index (χ1n) is 7.40. The van der Waals surface area contributed by atoms with Crippen LogP contribution in [0.4, 0.5) is 17.1 Å². The lowest BCUT2D eigenvalue weighted by Gasteiger charge is -2.20. The van der Waals surface area contributed by atoms with Gasteiger partial charge in [-0.25, -0.2) is 0 Å². The van der Waals surface area contributed by atoms with E-state index in [2.05, 4.69) is 16.0 Å². The van der Waals surface area contributed by atoms with E-state index in [1.54, 1.807) is 18.2 Å². The minimum absolute atomic E-state index is 0.257. The van der Waals surface area contributed by atoms with Crippen molar-refractivity contribution in [3.8, 4) is 0 Å². The molecule has 9 heteroatoms. The largest absolute Gasteiger partial charge is 0.394 e. The summed E-state index contributed by atoms with van der Waals surface area (Å²) in [5, 5.41) is 36.9. The molecule has 1 aliphatic heterocycles. The number of carbonyl (C=O) groups excluding carboxylic acids is 2. The molecule has 1 aromatic carbocycles. The first-order chi connectivity index (χ1) is 11.3. The van der Waals surface area contributed by atoms with Crippen molar-refractivity contribution < 1.29 is 29.6 Å². The zero-order chi connectivity index (χ0) is 17.9. The van der Waals surface area contributed by atoms with Crippen LogP contribution in [-0.2, 0) is 14.3 Å². The van der Waals surface area contributed by atoms with Gasteiger partial charge >= 0.3 is 0 Å². The second kappa shape index (κ2) is 7.58. The van der Waals surface area contributed by atoms with Crippen molar-refractivity contribution in [1.29, 1.82) is 0 Å². The number of aliphatic hydroxyl groups excluding tert-OH is 3. The fourth-order valence-corrected chi connectivity index (χ4v) is 2.42. The molecule has 0 unspecified atom stereocenters. The average Bonchev–Trinajstić information content (AvgIpc) is 2.76. The molecule has 1 saturated heterocycles. The van der Waals surface area contributed by atoms with Gasteiger partial charge < -0.3 is 36.0 Å². The van der Waals surface area contributed by atoms with E-state index >= 15 is 0 Å². The molecule has 132 valence electrons. The molecule has 1 aliphatic rings. The molecular weight excluding hydrogens is 318 g/mol. The Morgan fingerprint density at radius 2 is 1.75 bits per heavy atom. The van der Waals surface area contributed by atoms with Crippen molar-refractivity contribution in [2.24, 2.45) is 0 Å². The van der Waals surface area contributed by atoms with Gasteiger partial charge in [-0.05, 0) is 18.2 Å². The van der Waals surface area contributed by atoms with E-state index < -0.39 is 31.1 Å². The van der Waals surface area contributed by atoms with Crippen LogP contribution in [0.1, 0.15) is 13.8 Å². The number of benzene rings is 1. The molecule has 2 rings (SSSR count). The molecule has 0 bridgehead atoms. The molecule has 1 fully saturated rings. The maximum absolute atomic E-state index is 11.4. The highest BCUT2D eigenvalue weighted by atomic mass is 16.6. The number of hydrogen-bond donors (Lipinski definition) is 6. The minimum atomic E-state index is -1.25. The zero-order valence-electron chi connectivity index (χ0n) is 13.3. The van der Waals surface area contributed by atoms with Gasteiger partial charge in [0.25, 0.3) is 0 Å². The predicted octanol–water partition coefficient (Wildman–Crippen LogP) is -0.546. The van der Waals surface area contributed by atoms with Gasteiger partial charge in [0.1, 0.15) is 18.3 Å². The summed E-state index contributed by atoms with van der Waals surface area (Å²) >= 11 is 0. The third kappa shape index (κ3) is 4.20. The fraction of sp³-hybridized carbons (Fsp3) is 0.467. The monoisotopic (exact) mass is 339 g/mol. The van der Waals surface area contributed by atoms with E-state index in [4.69, 9.17) is 9.84 Å². The molecule has 24 heavy (non-hydrogen) atoms. The number of ether oxygens (including phenoxy) is 1. The fourth-order valence-electron chi connectivity index (χ4n) is 2.42. The Balaban J connectivity index is 2.22. The molecule has 0 aliphatic carbocycles. The van der Waals surface area contributed by atoms with Gasteiger partial charge in [0, 0.05) is 19.5 Å². The number of aliphatic hydroxyl groups is 3. The van der Waals surface area contributed by atoms with Crippen LogP contribution in [0, 0.1) is 0 Å². The van der Waals surface area contributed by atoms with Gasteiger partial charge in [0.2, 0.25) is 11.8 Å². The van der Waals surface area contributed by atoms with Crippen LogP contribution in [0.3, 0.4) is 0 Å². The molecule has 6 N–H and O–H groups in total. The molecule has 0 spiro atoms. The third-order valence-corrected chi connectivity index (χ3v) is 3.49. The molecule has 9 nitrogen and oxygen atoms in total. The number of anilines is 3. The quantitative estimate of drug-likeness (QED) is 0.423. The second-order valence-electron chi connectivity index (χ2n) is 5.53. The Bertz CT molecular complexity index is 623. The molecular formula is C15H21N3O6. The van der Waals surface area contributed by atoms with E-state index in [-0.39, 0.29) is 11.8 Å². The Kier molecular flexibility index (Phi) is 5.73. The van der Waals surface area contributed by atoms with E-state index in [0.717, 1.165) is 0 Å². The SMILES string of the molecule is CC(=O)Nc1ccc(N[C@@H]2O[C@H](CO)[C@H](O)[C@@H]2O)c(NC(C)=O)c1. The van der Waals surface area contributed by atoms with Crippen molar-refractivity contribution in [1.82, 2.24) is 0 Å². The summed E-state index contributed by atoms with van der Waals surface area (Å²) in [6, 6.07) is 4.74. The van der Waals surface area contributed by atoms with Gasteiger partial charge in [-0.3, -0.25) is 9.59 Å². The van der Waals surface area contributed by atoms with Crippen LogP contribution in [0.2, 0.25) is 0 Å². The van der Waals surface area contributed by atoms with E-state index in [0.29, 0.717) is 17.1 Å². The number of hydrogen-bond acceptors (Lipinski definition) is 7. The van der Waals surface area contributed by atoms with E-state index in [9.17, 15) is 19.8 Å². The van der Waals surface area contributed by atoms with E-state index in [1.807, 2.05) is 0 Å². The van der Waals surface area contributed by atoms with Crippen molar-refractivity contribution in [3.05, 3.63) is 18.2 Å². The zero-order valence-corrected chi connectivity index (χ0v) is 13.3. The Morgan fingerprint density at radius 1 is 1.08 bits per heavy atom.